The highest BCUT2D eigenvalue weighted by Crippen LogP contribution is 2.27. The number of quaternary nitrogens is 2. The van der Waals surface area contributed by atoms with Crippen LogP contribution in [0.1, 0.15) is 12.5 Å². The maximum atomic E-state index is 5.35. The molecule has 0 radical (unpaired) electrons. The summed E-state index contributed by atoms with van der Waals surface area (Å²) in [5, 5.41) is 0. The number of likely N-dealkylation sites (N-methyl/N-ethyl adjacent to an activating group) is 2. The quantitative estimate of drug-likeness (QED) is 0.649. The fourth-order valence-corrected chi connectivity index (χ4v) is 2.10. The van der Waals surface area contributed by atoms with E-state index in [1.165, 1.54) is 23.6 Å². The third-order valence-corrected chi connectivity index (χ3v) is 3.38. The van der Waals surface area contributed by atoms with Gasteiger partial charge in [-0.15, -0.1) is 0 Å². The molecule has 0 saturated heterocycles. The molecule has 1 aromatic rings. The first-order valence-electron chi connectivity index (χ1n) is 6.94. The predicted molar refractivity (Wildman–Crippen MR) is 77.3 cm³/mol. The van der Waals surface area contributed by atoms with Crippen LogP contribution in [0.3, 0.4) is 0 Å². The molecule has 19 heavy (non-hydrogen) atoms. The van der Waals surface area contributed by atoms with Gasteiger partial charge in [0.1, 0.15) is 19.6 Å². The Morgan fingerprint density at radius 2 is 1.68 bits per heavy atom. The van der Waals surface area contributed by atoms with Crippen LogP contribution in [0, 0.1) is 0 Å². The van der Waals surface area contributed by atoms with E-state index in [2.05, 4.69) is 33.2 Å². The Hall–Kier alpha value is -1.26. The smallest absolute Gasteiger partial charge is 0.161 e. The van der Waals surface area contributed by atoms with E-state index in [4.69, 9.17) is 9.47 Å². The molecule has 0 bridgehead atoms. The fraction of sp³-hybridized carbons (Fsp3) is 0.600. The zero-order valence-corrected chi connectivity index (χ0v) is 12.9. The minimum atomic E-state index is 0.794. The summed E-state index contributed by atoms with van der Waals surface area (Å²) in [6.45, 7) is 6.79. The van der Waals surface area contributed by atoms with Crippen LogP contribution in [0.15, 0.2) is 18.2 Å². The molecule has 0 aromatic heterocycles. The number of hydrogen-bond acceptors (Lipinski definition) is 2. The van der Waals surface area contributed by atoms with E-state index < -0.39 is 0 Å². The zero-order chi connectivity index (χ0) is 14.3. The van der Waals surface area contributed by atoms with Gasteiger partial charge in [-0.3, -0.25) is 0 Å². The van der Waals surface area contributed by atoms with Crippen molar-refractivity contribution < 1.29 is 19.3 Å². The van der Waals surface area contributed by atoms with E-state index in [-0.39, 0.29) is 0 Å². The Morgan fingerprint density at radius 1 is 1.00 bits per heavy atom. The van der Waals surface area contributed by atoms with Gasteiger partial charge in [0.05, 0.1) is 34.9 Å². The molecule has 0 aliphatic carbocycles. The summed E-state index contributed by atoms with van der Waals surface area (Å²) in [7, 11) is 7.75. The van der Waals surface area contributed by atoms with Crippen molar-refractivity contribution in [3.63, 3.8) is 0 Å². The molecule has 0 fully saturated rings. The maximum absolute atomic E-state index is 5.35. The van der Waals surface area contributed by atoms with Gasteiger partial charge in [0.2, 0.25) is 0 Å². The molecule has 1 rings (SSSR count). The van der Waals surface area contributed by atoms with E-state index in [0.29, 0.717) is 0 Å². The Bertz CT molecular complexity index is 380. The molecule has 0 saturated carbocycles. The molecule has 4 heteroatoms. The first kappa shape index (κ1) is 15.8. The van der Waals surface area contributed by atoms with E-state index in [1.807, 2.05) is 6.07 Å². The molecule has 0 spiro atoms. The molecule has 1 aromatic carbocycles. The number of hydrogen-bond donors (Lipinski definition) is 2. The van der Waals surface area contributed by atoms with Crippen LogP contribution in [0.5, 0.6) is 11.5 Å². The Morgan fingerprint density at radius 3 is 2.21 bits per heavy atom. The first-order chi connectivity index (χ1) is 9.10. The lowest BCUT2D eigenvalue weighted by Gasteiger charge is -2.19. The lowest BCUT2D eigenvalue weighted by molar-refractivity contribution is -0.949. The van der Waals surface area contributed by atoms with Crippen molar-refractivity contribution in [1.29, 1.82) is 0 Å². The second-order valence-electron chi connectivity index (χ2n) is 5.18. The first-order valence-corrected chi connectivity index (χ1v) is 6.94. The summed E-state index contributed by atoms with van der Waals surface area (Å²) in [6.07, 6.45) is 0. The van der Waals surface area contributed by atoms with Crippen molar-refractivity contribution in [2.24, 2.45) is 0 Å². The van der Waals surface area contributed by atoms with Gasteiger partial charge in [0.25, 0.3) is 0 Å². The summed E-state index contributed by atoms with van der Waals surface area (Å²) in [4.78, 5) is 3.09. The molecule has 1 unspecified atom stereocenters. The average molecular weight is 268 g/mol. The van der Waals surface area contributed by atoms with Crippen molar-refractivity contribution in [1.82, 2.24) is 0 Å². The van der Waals surface area contributed by atoms with Gasteiger partial charge in [0.15, 0.2) is 11.5 Å². The van der Waals surface area contributed by atoms with Gasteiger partial charge in [-0.2, -0.15) is 0 Å². The number of nitrogens with one attached hydrogen (secondary N) is 2. The van der Waals surface area contributed by atoms with Crippen molar-refractivity contribution >= 4 is 0 Å². The fourth-order valence-electron chi connectivity index (χ4n) is 2.10. The van der Waals surface area contributed by atoms with Crippen LogP contribution in [-0.2, 0) is 6.54 Å². The van der Waals surface area contributed by atoms with Gasteiger partial charge < -0.3 is 19.3 Å². The van der Waals surface area contributed by atoms with Gasteiger partial charge in [0, 0.05) is 5.56 Å². The van der Waals surface area contributed by atoms with E-state index in [1.54, 1.807) is 19.1 Å². The third kappa shape index (κ3) is 5.09. The van der Waals surface area contributed by atoms with Crippen molar-refractivity contribution in [2.45, 2.75) is 13.5 Å². The summed E-state index contributed by atoms with van der Waals surface area (Å²) < 4.78 is 10.6. The van der Waals surface area contributed by atoms with Gasteiger partial charge in [-0.25, -0.2) is 0 Å². The van der Waals surface area contributed by atoms with Crippen molar-refractivity contribution in [3.05, 3.63) is 23.8 Å². The second kappa shape index (κ2) is 8.02. The lowest BCUT2D eigenvalue weighted by Crippen LogP contribution is -3.17. The van der Waals surface area contributed by atoms with Crippen LogP contribution in [-0.4, -0.2) is 47.9 Å². The Labute approximate surface area is 116 Å². The maximum Gasteiger partial charge on any atom is 0.161 e. The molecule has 108 valence electrons. The largest absolute Gasteiger partial charge is 0.493 e. The molecular weight excluding hydrogens is 240 g/mol. The number of ether oxygens (including phenoxy) is 2. The van der Waals surface area contributed by atoms with Gasteiger partial charge >= 0.3 is 0 Å². The zero-order valence-electron chi connectivity index (χ0n) is 12.9. The van der Waals surface area contributed by atoms with Crippen LogP contribution < -0.4 is 19.3 Å². The number of methoxy groups -OCH3 is 2. The highest BCUT2D eigenvalue weighted by Gasteiger charge is 2.11. The van der Waals surface area contributed by atoms with Gasteiger partial charge in [-0.05, 0) is 25.1 Å². The summed E-state index contributed by atoms with van der Waals surface area (Å²) in [5.41, 5.74) is 1.29. The topological polar surface area (TPSA) is 27.3 Å². The molecule has 1 atom stereocenters. The highest BCUT2D eigenvalue weighted by atomic mass is 16.5. The Kier molecular flexibility index (Phi) is 6.67. The Balaban J connectivity index is 2.68. The molecule has 0 amide bonds. The van der Waals surface area contributed by atoms with Crippen molar-refractivity contribution in [3.8, 4) is 11.5 Å². The average Bonchev–Trinajstić information content (AvgIpc) is 2.42. The van der Waals surface area contributed by atoms with E-state index >= 15 is 0 Å². The summed E-state index contributed by atoms with van der Waals surface area (Å²) in [5.74, 6) is 1.61. The molecule has 4 nitrogen and oxygen atoms in total. The molecule has 0 heterocycles. The number of rotatable bonds is 8. The standard InChI is InChI=1S/C15H26N2O2/c1-6-17(10-9-16(2)3)12-13-7-8-14(18-4)15(11-13)19-5/h7-8,11H,6,9-10,12H2,1-5H3/p+2. The molecule has 0 aliphatic heterocycles. The van der Waals surface area contributed by atoms with Crippen LogP contribution in [0.4, 0.5) is 0 Å². The number of benzene rings is 1. The minimum absolute atomic E-state index is 0.794. The lowest BCUT2D eigenvalue weighted by atomic mass is 10.2. The summed E-state index contributed by atoms with van der Waals surface area (Å²) in [6, 6.07) is 6.19. The SMILES string of the molecule is CC[NH+](CC[NH+](C)C)Cc1ccc(OC)c(OC)c1. The summed E-state index contributed by atoms with van der Waals surface area (Å²) >= 11 is 0. The van der Waals surface area contributed by atoms with Gasteiger partial charge in [-0.1, -0.05) is 0 Å². The van der Waals surface area contributed by atoms with Crippen molar-refractivity contribution in [2.75, 3.05) is 47.9 Å². The normalized spacial score (nSPS) is 12.5. The molecule has 0 aliphatic rings. The monoisotopic (exact) mass is 268 g/mol. The third-order valence-electron chi connectivity index (χ3n) is 3.38. The second-order valence-corrected chi connectivity index (χ2v) is 5.18. The van der Waals surface area contributed by atoms with E-state index in [0.717, 1.165) is 24.6 Å². The minimum Gasteiger partial charge on any atom is -0.493 e. The van der Waals surface area contributed by atoms with Crippen LogP contribution in [0.2, 0.25) is 0 Å². The highest BCUT2D eigenvalue weighted by molar-refractivity contribution is 5.42. The van der Waals surface area contributed by atoms with Crippen LogP contribution >= 0.6 is 0 Å². The molecule has 2 N–H and O–H groups in total. The van der Waals surface area contributed by atoms with E-state index in [9.17, 15) is 0 Å². The van der Waals surface area contributed by atoms with Crippen LogP contribution in [0.25, 0.3) is 0 Å². The molecular formula is C15H28N2O2+2. The predicted octanol–water partition coefficient (Wildman–Crippen LogP) is -0.747.